The first-order chi connectivity index (χ1) is 14.2. The van der Waals surface area contributed by atoms with Crippen molar-refractivity contribution in [3.63, 3.8) is 0 Å². The quantitative estimate of drug-likeness (QED) is 0.558. The Balaban J connectivity index is 1.53. The Labute approximate surface area is 168 Å². The molecule has 0 bridgehead atoms. The van der Waals surface area contributed by atoms with Crippen LogP contribution in [0, 0.1) is 0 Å². The van der Waals surface area contributed by atoms with E-state index in [0.717, 1.165) is 66.1 Å². The standard InChI is InChI=1S/C21H24N8/c1-27-12-15(10-24-27)19-16-7-13(3-4-17(16)28(2)26-19)20-18-11-22-5-6-29(18)21(25-20)14-8-23-9-14/h3-4,7,10,12,14,22-23H,5-6,8-9,11H2,1-2H3. The molecule has 8 nitrogen and oxygen atoms in total. The van der Waals surface area contributed by atoms with E-state index in [-0.39, 0.29) is 0 Å². The van der Waals surface area contributed by atoms with Gasteiger partial charge in [0.15, 0.2) is 0 Å². The summed E-state index contributed by atoms with van der Waals surface area (Å²) in [7, 11) is 3.92. The summed E-state index contributed by atoms with van der Waals surface area (Å²) in [5.41, 5.74) is 6.66. The number of imidazole rings is 1. The Bertz CT molecular complexity index is 1220. The van der Waals surface area contributed by atoms with Gasteiger partial charge >= 0.3 is 0 Å². The van der Waals surface area contributed by atoms with Crippen molar-refractivity contribution in [3.8, 4) is 22.5 Å². The highest BCUT2D eigenvalue weighted by Gasteiger charge is 2.29. The van der Waals surface area contributed by atoms with Gasteiger partial charge in [0.1, 0.15) is 11.5 Å². The van der Waals surface area contributed by atoms with Gasteiger partial charge in [-0.3, -0.25) is 9.36 Å². The smallest absolute Gasteiger partial charge is 0.115 e. The SMILES string of the molecule is Cn1cc(-c2nn(C)c3ccc(-c4nc(C5CNC5)n5c4CNCC5)cc23)cn1. The maximum Gasteiger partial charge on any atom is 0.115 e. The molecule has 29 heavy (non-hydrogen) atoms. The van der Waals surface area contributed by atoms with Crippen LogP contribution in [0.2, 0.25) is 0 Å². The van der Waals surface area contributed by atoms with Gasteiger partial charge in [-0.15, -0.1) is 0 Å². The third-order valence-electron chi connectivity index (χ3n) is 6.16. The molecule has 1 saturated heterocycles. The molecule has 8 heteroatoms. The molecular formula is C21H24N8. The number of hydrogen-bond donors (Lipinski definition) is 2. The van der Waals surface area contributed by atoms with E-state index in [0.29, 0.717) is 5.92 Å². The average molecular weight is 388 g/mol. The largest absolute Gasteiger partial charge is 0.329 e. The highest BCUT2D eigenvalue weighted by atomic mass is 15.3. The Morgan fingerprint density at radius 3 is 2.72 bits per heavy atom. The van der Waals surface area contributed by atoms with E-state index in [2.05, 4.69) is 38.5 Å². The van der Waals surface area contributed by atoms with Gasteiger partial charge in [-0.25, -0.2) is 4.98 Å². The summed E-state index contributed by atoms with van der Waals surface area (Å²) in [5, 5.41) is 17.1. The molecule has 0 saturated carbocycles. The minimum absolute atomic E-state index is 0.522. The number of rotatable bonds is 3. The van der Waals surface area contributed by atoms with Crippen LogP contribution in [0.15, 0.2) is 30.6 Å². The van der Waals surface area contributed by atoms with Crippen molar-refractivity contribution in [1.29, 1.82) is 0 Å². The van der Waals surface area contributed by atoms with E-state index >= 15 is 0 Å². The molecule has 2 aliphatic heterocycles. The normalized spacial score (nSPS) is 16.9. The van der Waals surface area contributed by atoms with Crippen molar-refractivity contribution in [2.45, 2.75) is 19.0 Å². The number of benzene rings is 1. The summed E-state index contributed by atoms with van der Waals surface area (Å²) in [6.45, 7) is 4.90. The average Bonchev–Trinajstić information content (AvgIpc) is 3.37. The number of aromatic nitrogens is 6. The van der Waals surface area contributed by atoms with Gasteiger partial charge in [0, 0.05) is 75.4 Å². The van der Waals surface area contributed by atoms with Gasteiger partial charge in [-0.05, 0) is 12.1 Å². The molecule has 4 aromatic rings. The molecule has 6 rings (SSSR count). The maximum atomic E-state index is 5.14. The molecule has 0 unspecified atom stereocenters. The molecule has 2 N–H and O–H groups in total. The lowest BCUT2D eigenvalue weighted by atomic mass is 10.0. The van der Waals surface area contributed by atoms with Gasteiger partial charge in [-0.2, -0.15) is 10.2 Å². The van der Waals surface area contributed by atoms with Crippen molar-refractivity contribution in [2.24, 2.45) is 14.1 Å². The number of hydrogen-bond acceptors (Lipinski definition) is 5. The molecule has 0 radical (unpaired) electrons. The fourth-order valence-corrected chi connectivity index (χ4v) is 4.52. The molecule has 0 aliphatic carbocycles. The molecule has 0 amide bonds. The minimum atomic E-state index is 0.522. The zero-order valence-corrected chi connectivity index (χ0v) is 16.7. The molecule has 2 aliphatic rings. The third kappa shape index (κ3) is 2.56. The Morgan fingerprint density at radius 1 is 1.07 bits per heavy atom. The minimum Gasteiger partial charge on any atom is -0.329 e. The van der Waals surface area contributed by atoms with Crippen LogP contribution in [-0.2, 0) is 27.2 Å². The number of fused-ring (bicyclic) bond motifs is 2. The van der Waals surface area contributed by atoms with Gasteiger partial charge < -0.3 is 15.2 Å². The van der Waals surface area contributed by atoms with Crippen LogP contribution in [0.3, 0.4) is 0 Å². The lowest BCUT2D eigenvalue weighted by Gasteiger charge is -2.28. The Kier molecular flexibility index (Phi) is 3.66. The second-order valence-electron chi connectivity index (χ2n) is 8.06. The zero-order chi connectivity index (χ0) is 19.5. The van der Waals surface area contributed by atoms with E-state index in [4.69, 9.17) is 10.1 Å². The first-order valence-corrected chi connectivity index (χ1v) is 10.2. The molecule has 0 spiro atoms. The van der Waals surface area contributed by atoms with Gasteiger partial charge in [0.2, 0.25) is 0 Å². The molecule has 5 heterocycles. The van der Waals surface area contributed by atoms with Gasteiger partial charge in [0.25, 0.3) is 0 Å². The molecule has 1 fully saturated rings. The van der Waals surface area contributed by atoms with Crippen LogP contribution < -0.4 is 10.6 Å². The van der Waals surface area contributed by atoms with E-state index in [1.165, 1.54) is 11.5 Å². The summed E-state index contributed by atoms with van der Waals surface area (Å²) in [6, 6.07) is 6.58. The third-order valence-corrected chi connectivity index (χ3v) is 6.16. The summed E-state index contributed by atoms with van der Waals surface area (Å²) < 4.78 is 6.19. The molecule has 3 aromatic heterocycles. The van der Waals surface area contributed by atoms with Crippen LogP contribution in [0.5, 0.6) is 0 Å². The summed E-state index contributed by atoms with van der Waals surface area (Å²) >= 11 is 0. The van der Waals surface area contributed by atoms with Crippen molar-refractivity contribution < 1.29 is 0 Å². The molecule has 148 valence electrons. The van der Waals surface area contributed by atoms with Crippen molar-refractivity contribution in [1.82, 2.24) is 39.7 Å². The fourth-order valence-electron chi connectivity index (χ4n) is 4.52. The lowest BCUT2D eigenvalue weighted by Crippen LogP contribution is -2.42. The van der Waals surface area contributed by atoms with Gasteiger partial charge in [-0.1, -0.05) is 6.07 Å². The van der Waals surface area contributed by atoms with Crippen molar-refractivity contribution in [3.05, 3.63) is 42.1 Å². The predicted octanol–water partition coefficient (Wildman–Crippen LogP) is 1.63. The van der Waals surface area contributed by atoms with Crippen LogP contribution in [0.25, 0.3) is 33.4 Å². The van der Waals surface area contributed by atoms with E-state index in [1.54, 1.807) is 0 Å². The summed E-state index contributed by atoms with van der Waals surface area (Å²) in [4.78, 5) is 5.14. The zero-order valence-electron chi connectivity index (χ0n) is 16.7. The Morgan fingerprint density at radius 2 is 1.97 bits per heavy atom. The number of nitrogens with one attached hydrogen (secondary N) is 2. The van der Waals surface area contributed by atoms with Crippen LogP contribution in [0.1, 0.15) is 17.4 Å². The fraction of sp³-hybridized carbons (Fsp3) is 0.381. The monoisotopic (exact) mass is 388 g/mol. The lowest BCUT2D eigenvalue weighted by molar-refractivity contribution is 0.399. The second-order valence-corrected chi connectivity index (χ2v) is 8.06. The highest BCUT2D eigenvalue weighted by Crippen LogP contribution is 2.34. The Hall–Kier alpha value is -2.97. The topological polar surface area (TPSA) is 77.5 Å². The van der Waals surface area contributed by atoms with Crippen molar-refractivity contribution in [2.75, 3.05) is 19.6 Å². The van der Waals surface area contributed by atoms with Crippen LogP contribution >= 0.6 is 0 Å². The number of nitrogens with zero attached hydrogens (tertiary/aromatic N) is 6. The van der Waals surface area contributed by atoms with Crippen LogP contribution in [0.4, 0.5) is 0 Å². The summed E-state index contributed by atoms with van der Waals surface area (Å²) in [5.74, 6) is 1.75. The maximum absolute atomic E-state index is 5.14. The first kappa shape index (κ1) is 16.9. The predicted molar refractivity (Wildman–Crippen MR) is 111 cm³/mol. The molecular weight excluding hydrogens is 364 g/mol. The highest BCUT2D eigenvalue weighted by molar-refractivity contribution is 5.95. The van der Waals surface area contributed by atoms with Crippen LogP contribution in [-0.4, -0.2) is 48.7 Å². The van der Waals surface area contributed by atoms with Crippen molar-refractivity contribution >= 4 is 10.9 Å². The molecule has 0 atom stereocenters. The van der Waals surface area contributed by atoms with Gasteiger partial charge in [0.05, 0.1) is 23.1 Å². The second kappa shape index (κ2) is 6.27. The summed E-state index contributed by atoms with van der Waals surface area (Å²) in [6.07, 6.45) is 3.89. The number of aryl methyl sites for hydroxylation is 2. The van der Waals surface area contributed by atoms with E-state index in [1.807, 2.05) is 35.9 Å². The van der Waals surface area contributed by atoms with E-state index in [9.17, 15) is 0 Å². The first-order valence-electron chi connectivity index (χ1n) is 10.2. The molecule has 1 aromatic carbocycles. The van der Waals surface area contributed by atoms with E-state index < -0.39 is 0 Å².